The molecule has 0 saturated heterocycles. The maximum Gasteiger partial charge on any atom is 0.0549 e. The summed E-state index contributed by atoms with van der Waals surface area (Å²) in [6.07, 6.45) is 1.32. The van der Waals surface area contributed by atoms with Crippen molar-refractivity contribution >= 4 is 15.9 Å². The molecule has 0 saturated carbocycles. The molecule has 2 nitrogen and oxygen atoms in total. The maximum atomic E-state index is 5.38. The van der Waals surface area contributed by atoms with Gasteiger partial charge in [-0.15, -0.1) is 0 Å². The third-order valence-electron chi connectivity index (χ3n) is 3.00. The number of benzene rings is 1. The van der Waals surface area contributed by atoms with Crippen LogP contribution in [0, 0.1) is 0 Å². The van der Waals surface area contributed by atoms with E-state index in [0.717, 1.165) is 19.5 Å². The Hall–Kier alpha value is -0.380. The van der Waals surface area contributed by atoms with Crippen LogP contribution in [0.25, 0.3) is 0 Å². The average molecular weight is 300 g/mol. The number of likely N-dealkylation sites (N-methyl/N-ethyl adjacent to an activating group) is 1. The summed E-state index contributed by atoms with van der Waals surface area (Å²) in [5.74, 6) is 0.487. The second-order valence-corrected chi connectivity index (χ2v) is 5.16. The molecule has 0 fully saturated rings. The minimum atomic E-state index is 0.283. The molecule has 0 aromatic heterocycles. The molecule has 0 aliphatic carbocycles. The fraction of sp³-hybridized carbons (Fsp3) is 0.571. The summed E-state index contributed by atoms with van der Waals surface area (Å²) in [5, 5.41) is 3.43. The van der Waals surface area contributed by atoms with Crippen molar-refractivity contribution in [3.63, 3.8) is 0 Å². The minimum Gasteiger partial charge on any atom is -0.382 e. The molecule has 96 valence electrons. The van der Waals surface area contributed by atoms with Gasteiger partial charge in [0.1, 0.15) is 0 Å². The molecule has 0 aliphatic rings. The van der Waals surface area contributed by atoms with Gasteiger partial charge in [0, 0.05) is 18.1 Å². The van der Waals surface area contributed by atoms with Crippen LogP contribution in [-0.4, -0.2) is 26.3 Å². The standard InChI is InChI=1S/C14H22BrNO/c1-4-16-10-12(9-11(2)17-3)13-7-5-6-8-14(13)15/h5-8,11-12,16H,4,9-10H2,1-3H3. The van der Waals surface area contributed by atoms with E-state index in [1.54, 1.807) is 7.11 Å². The Balaban J connectivity index is 2.78. The third-order valence-corrected chi connectivity index (χ3v) is 3.73. The monoisotopic (exact) mass is 299 g/mol. The van der Waals surface area contributed by atoms with Crippen LogP contribution in [0.2, 0.25) is 0 Å². The second-order valence-electron chi connectivity index (χ2n) is 4.31. The molecule has 0 heterocycles. The summed E-state index contributed by atoms with van der Waals surface area (Å²) < 4.78 is 6.57. The van der Waals surface area contributed by atoms with E-state index >= 15 is 0 Å². The van der Waals surface area contributed by atoms with Crippen molar-refractivity contribution in [2.75, 3.05) is 20.2 Å². The highest BCUT2D eigenvalue weighted by Gasteiger charge is 2.16. The zero-order valence-electron chi connectivity index (χ0n) is 10.9. The highest BCUT2D eigenvalue weighted by atomic mass is 79.9. The van der Waals surface area contributed by atoms with Gasteiger partial charge in [-0.3, -0.25) is 0 Å². The number of hydrogen-bond acceptors (Lipinski definition) is 2. The lowest BCUT2D eigenvalue weighted by atomic mass is 9.93. The molecule has 1 aromatic rings. The summed E-state index contributed by atoms with van der Waals surface area (Å²) >= 11 is 3.63. The summed E-state index contributed by atoms with van der Waals surface area (Å²) in [6, 6.07) is 8.44. The van der Waals surface area contributed by atoms with Crippen molar-refractivity contribution in [3.05, 3.63) is 34.3 Å². The molecule has 17 heavy (non-hydrogen) atoms. The Bertz CT molecular complexity index is 330. The normalized spacial score (nSPS) is 14.6. The van der Waals surface area contributed by atoms with E-state index in [1.165, 1.54) is 10.0 Å². The minimum absolute atomic E-state index is 0.283. The molecular weight excluding hydrogens is 278 g/mol. The highest BCUT2D eigenvalue weighted by Crippen LogP contribution is 2.28. The van der Waals surface area contributed by atoms with Crippen LogP contribution >= 0.6 is 15.9 Å². The molecule has 0 aliphatic heterocycles. The molecule has 0 bridgehead atoms. The van der Waals surface area contributed by atoms with Gasteiger partial charge in [0.05, 0.1) is 6.10 Å². The molecule has 1 rings (SSSR count). The molecule has 2 atom stereocenters. The summed E-state index contributed by atoms with van der Waals surface area (Å²) in [5.41, 5.74) is 1.36. The van der Waals surface area contributed by atoms with Crippen molar-refractivity contribution in [1.29, 1.82) is 0 Å². The van der Waals surface area contributed by atoms with E-state index in [2.05, 4.69) is 59.4 Å². The van der Waals surface area contributed by atoms with Crippen LogP contribution in [0.1, 0.15) is 31.7 Å². The lowest BCUT2D eigenvalue weighted by molar-refractivity contribution is 0.104. The number of nitrogens with one attached hydrogen (secondary N) is 1. The van der Waals surface area contributed by atoms with Crippen molar-refractivity contribution in [2.24, 2.45) is 0 Å². The van der Waals surface area contributed by atoms with E-state index in [4.69, 9.17) is 4.74 Å². The Morgan fingerprint density at radius 2 is 2.06 bits per heavy atom. The van der Waals surface area contributed by atoms with Crippen LogP contribution < -0.4 is 5.32 Å². The van der Waals surface area contributed by atoms with Gasteiger partial charge in [-0.2, -0.15) is 0 Å². The predicted octanol–water partition coefficient (Wildman–Crippen LogP) is 3.57. The largest absolute Gasteiger partial charge is 0.382 e. The van der Waals surface area contributed by atoms with Gasteiger partial charge in [-0.25, -0.2) is 0 Å². The van der Waals surface area contributed by atoms with Gasteiger partial charge in [-0.1, -0.05) is 41.1 Å². The molecule has 1 N–H and O–H groups in total. The van der Waals surface area contributed by atoms with Crippen molar-refractivity contribution in [1.82, 2.24) is 5.32 Å². The van der Waals surface area contributed by atoms with Crippen molar-refractivity contribution in [2.45, 2.75) is 32.3 Å². The zero-order chi connectivity index (χ0) is 12.7. The van der Waals surface area contributed by atoms with Crippen LogP contribution in [0.3, 0.4) is 0 Å². The van der Waals surface area contributed by atoms with Crippen molar-refractivity contribution in [3.8, 4) is 0 Å². The molecule has 0 radical (unpaired) electrons. The fourth-order valence-electron chi connectivity index (χ4n) is 1.94. The summed E-state index contributed by atoms with van der Waals surface area (Å²) in [7, 11) is 1.77. The smallest absolute Gasteiger partial charge is 0.0549 e. The Morgan fingerprint density at radius 3 is 2.65 bits per heavy atom. The highest BCUT2D eigenvalue weighted by molar-refractivity contribution is 9.10. The first-order chi connectivity index (χ1) is 8.19. The second kappa shape index (κ2) is 7.85. The summed E-state index contributed by atoms with van der Waals surface area (Å²) in [6.45, 7) is 6.25. The Labute approximate surface area is 113 Å². The predicted molar refractivity (Wildman–Crippen MR) is 76.5 cm³/mol. The molecule has 0 spiro atoms. The Morgan fingerprint density at radius 1 is 1.35 bits per heavy atom. The van der Waals surface area contributed by atoms with E-state index in [-0.39, 0.29) is 6.10 Å². The Kier molecular flexibility index (Phi) is 6.78. The number of methoxy groups -OCH3 is 1. The number of halogens is 1. The number of rotatable bonds is 7. The van der Waals surface area contributed by atoms with Crippen LogP contribution in [0.15, 0.2) is 28.7 Å². The topological polar surface area (TPSA) is 21.3 Å². The van der Waals surface area contributed by atoms with E-state index < -0.39 is 0 Å². The number of hydrogen-bond donors (Lipinski definition) is 1. The number of ether oxygens (including phenoxy) is 1. The van der Waals surface area contributed by atoms with Gasteiger partial charge in [0.25, 0.3) is 0 Å². The SMILES string of the molecule is CCNCC(CC(C)OC)c1ccccc1Br. The van der Waals surface area contributed by atoms with E-state index in [1.807, 2.05) is 0 Å². The van der Waals surface area contributed by atoms with Gasteiger partial charge in [0.2, 0.25) is 0 Å². The van der Waals surface area contributed by atoms with E-state index in [9.17, 15) is 0 Å². The molecule has 0 amide bonds. The fourth-order valence-corrected chi connectivity index (χ4v) is 2.55. The average Bonchev–Trinajstić information content (AvgIpc) is 2.35. The lowest BCUT2D eigenvalue weighted by Gasteiger charge is -2.22. The quantitative estimate of drug-likeness (QED) is 0.831. The summed E-state index contributed by atoms with van der Waals surface area (Å²) in [4.78, 5) is 0. The molecule has 3 heteroatoms. The molecule has 2 unspecified atom stereocenters. The molecule has 1 aromatic carbocycles. The van der Waals surface area contributed by atoms with Gasteiger partial charge in [-0.05, 0) is 37.4 Å². The third kappa shape index (κ3) is 4.78. The lowest BCUT2D eigenvalue weighted by Crippen LogP contribution is -2.24. The first-order valence-electron chi connectivity index (χ1n) is 6.17. The maximum absolute atomic E-state index is 5.38. The first-order valence-corrected chi connectivity index (χ1v) is 6.96. The van der Waals surface area contributed by atoms with Crippen LogP contribution in [0.4, 0.5) is 0 Å². The van der Waals surface area contributed by atoms with Crippen LogP contribution in [0.5, 0.6) is 0 Å². The van der Waals surface area contributed by atoms with E-state index in [0.29, 0.717) is 5.92 Å². The first kappa shape index (κ1) is 14.7. The van der Waals surface area contributed by atoms with Crippen molar-refractivity contribution < 1.29 is 4.74 Å². The molecular formula is C14H22BrNO. The van der Waals surface area contributed by atoms with Gasteiger partial charge in [0.15, 0.2) is 0 Å². The van der Waals surface area contributed by atoms with Gasteiger partial charge >= 0.3 is 0 Å². The van der Waals surface area contributed by atoms with Crippen LogP contribution in [-0.2, 0) is 4.74 Å². The van der Waals surface area contributed by atoms with Gasteiger partial charge < -0.3 is 10.1 Å². The zero-order valence-corrected chi connectivity index (χ0v) is 12.5.